The van der Waals surface area contributed by atoms with Crippen LogP contribution >= 0.6 is 0 Å². The van der Waals surface area contributed by atoms with Crippen LogP contribution in [0.3, 0.4) is 0 Å². The van der Waals surface area contributed by atoms with Gasteiger partial charge in [-0.3, -0.25) is 4.99 Å². The molecule has 0 atom stereocenters. The molecule has 1 aromatic carbocycles. The van der Waals surface area contributed by atoms with Gasteiger partial charge >= 0.3 is 0 Å². The summed E-state index contributed by atoms with van der Waals surface area (Å²) < 4.78 is 14.1. The number of hydrogen-bond acceptors (Lipinski definition) is 3. The van der Waals surface area contributed by atoms with Gasteiger partial charge in [0.15, 0.2) is 5.96 Å². The van der Waals surface area contributed by atoms with Crippen LogP contribution in [0.15, 0.2) is 23.2 Å². The fourth-order valence-electron chi connectivity index (χ4n) is 3.21. The summed E-state index contributed by atoms with van der Waals surface area (Å²) in [6, 6.07) is 5.79. The Bertz CT molecular complexity index is 565. The van der Waals surface area contributed by atoms with Gasteiger partial charge in [-0.1, -0.05) is 13.0 Å². The number of piperidine rings is 1. The monoisotopic (exact) mass is 349 g/mol. The van der Waals surface area contributed by atoms with Crippen LogP contribution in [0.4, 0.5) is 10.1 Å². The van der Waals surface area contributed by atoms with Gasteiger partial charge < -0.3 is 20.4 Å². The first kappa shape index (κ1) is 19.5. The molecule has 140 valence electrons. The second kappa shape index (κ2) is 9.61. The first-order chi connectivity index (χ1) is 12.0. The summed E-state index contributed by atoms with van der Waals surface area (Å²) in [5, 5.41) is 6.78. The molecule has 6 heteroatoms. The average Bonchev–Trinajstić information content (AvgIpc) is 2.60. The lowest BCUT2D eigenvalue weighted by molar-refractivity contribution is 0.206. The average molecular weight is 349 g/mol. The van der Waals surface area contributed by atoms with E-state index >= 15 is 0 Å². The molecule has 0 aromatic heterocycles. The first-order valence-electron chi connectivity index (χ1n) is 9.18. The second-order valence-corrected chi connectivity index (χ2v) is 6.87. The number of benzene rings is 1. The Morgan fingerprint density at radius 1 is 1.32 bits per heavy atom. The summed E-state index contributed by atoms with van der Waals surface area (Å²) in [6.45, 7) is 6.25. The molecule has 0 spiro atoms. The zero-order valence-corrected chi connectivity index (χ0v) is 16.0. The van der Waals surface area contributed by atoms with Crippen LogP contribution in [-0.2, 0) is 6.54 Å². The van der Waals surface area contributed by atoms with Crippen molar-refractivity contribution in [1.82, 2.24) is 15.5 Å². The van der Waals surface area contributed by atoms with E-state index in [4.69, 9.17) is 0 Å². The van der Waals surface area contributed by atoms with Gasteiger partial charge in [0.1, 0.15) is 5.82 Å². The minimum Gasteiger partial charge on any atom is -0.375 e. The third-order valence-corrected chi connectivity index (χ3v) is 4.65. The molecule has 1 heterocycles. The fraction of sp³-hybridized carbons (Fsp3) is 0.632. The van der Waals surface area contributed by atoms with Crippen molar-refractivity contribution in [3.8, 4) is 0 Å². The fourth-order valence-corrected chi connectivity index (χ4v) is 3.21. The molecule has 0 bridgehead atoms. The lowest BCUT2D eigenvalue weighted by atomic mass is 10.1. The minimum atomic E-state index is -0.199. The van der Waals surface area contributed by atoms with E-state index in [1.165, 1.54) is 13.0 Å². The highest BCUT2D eigenvalue weighted by molar-refractivity contribution is 5.80. The van der Waals surface area contributed by atoms with Crippen molar-refractivity contribution < 1.29 is 4.39 Å². The summed E-state index contributed by atoms with van der Waals surface area (Å²) in [7, 11) is 5.46. The predicted octanol–water partition coefficient (Wildman–Crippen LogP) is 2.43. The van der Waals surface area contributed by atoms with Crippen LogP contribution in [0, 0.1) is 5.82 Å². The maximum atomic E-state index is 14.1. The van der Waals surface area contributed by atoms with Crippen LogP contribution in [-0.4, -0.2) is 57.7 Å². The van der Waals surface area contributed by atoms with Crippen LogP contribution in [0.1, 0.15) is 31.7 Å². The molecule has 0 radical (unpaired) electrons. The van der Waals surface area contributed by atoms with Crippen LogP contribution < -0.4 is 15.5 Å². The highest BCUT2D eigenvalue weighted by atomic mass is 19.1. The molecule has 0 aliphatic carbocycles. The number of hydrogen-bond donors (Lipinski definition) is 2. The molecule has 1 aliphatic rings. The molecule has 2 N–H and O–H groups in total. The summed E-state index contributed by atoms with van der Waals surface area (Å²) in [5.41, 5.74) is 1.51. The molecule has 2 rings (SSSR count). The Balaban J connectivity index is 1.82. The quantitative estimate of drug-likeness (QED) is 0.611. The van der Waals surface area contributed by atoms with Crippen molar-refractivity contribution in [2.45, 2.75) is 38.8 Å². The van der Waals surface area contributed by atoms with Crippen molar-refractivity contribution in [2.75, 3.05) is 45.7 Å². The van der Waals surface area contributed by atoms with Gasteiger partial charge in [-0.2, -0.15) is 0 Å². The zero-order valence-electron chi connectivity index (χ0n) is 16.0. The largest absolute Gasteiger partial charge is 0.375 e. The number of nitrogens with zero attached hydrogens (tertiary/aromatic N) is 3. The smallest absolute Gasteiger partial charge is 0.191 e. The lowest BCUT2D eigenvalue weighted by Gasteiger charge is -2.32. The van der Waals surface area contributed by atoms with Crippen molar-refractivity contribution in [1.29, 1.82) is 0 Å². The maximum absolute atomic E-state index is 14.1. The third kappa shape index (κ3) is 5.88. The van der Waals surface area contributed by atoms with E-state index in [2.05, 4.69) is 27.4 Å². The van der Waals surface area contributed by atoms with E-state index < -0.39 is 0 Å². The highest BCUT2D eigenvalue weighted by Gasteiger charge is 2.19. The van der Waals surface area contributed by atoms with E-state index in [1.54, 1.807) is 18.0 Å². The summed E-state index contributed by atoms with van der Waals surface area (Å²) >= 11 is 0. The molecule has 0 unspecified atom stereocenters. The van der Waals surface area contributed by atoms with E-state index in [9.17, 15) is 4.39 Å². The molecule has 0 saturated carbocycles. The number of nitrogens with one attached hydrogen (secondary N) is 2. The zero-order chi connectivity index (χ0) is 18.2. The predicted molar refractivity (Wildman–Crippen MR) is 104 cm³/mol. The lowest BCUT2D eigenvalue weighted by Crippen LogP contribution is -2.48. The Labute approximate surface area is 151 Å². The van der Waals surface area contributed by atoms with Gasteiger partial charge in [0, 0.05) is 46.8 Å². The number of anilines is 1. The number of aliphatic imine (C=N–C) groups is 1. The SMILES string of the molecule is CCCN1CCC(NC(=NC)NCc2ccc(N(C)C)c(F)c2)CC1. The summed E-state index contributed by atoms with van der Waals surface area (Å²) in [6.07, 6.45) is 3.48. The van der Waals surface area contributed by atoms with Crippen LogP contribution in [0.25, 0.3) is 0 Å². The molecule has 5 nitrogen and oxygen atoms in total. The van der Waals surface area contributed by atoms with Crippen molar-refractivity contribution in [3.63, 3.8) is 0 Å². The molecule has 1 aromatic rings. The van der Waals surface area contributed by atoms with Gasteiger partial charge in [0.25, 0.3) is 0 Å². The van der Waals surface area contributed by atoms with Crippen molar-refractivity contribution in [2.24, 2.45) is 4.99 Å². The maximum Gasteiger partial charge on any atom is 0.191 e. The van der Waals surface area contributed by atoms with E-state index in [-0.39, 0.29) is 5.82 Å². The normalized spacial score (nSPS) is 16.8. The van der Waals surface area contributed by atoms with Gasteiger partial charge in [-0.25, -0.2) is 4.39 Å². The molecule has 1 saturated heterocycles. The Morgan fingerprint density at radius 3 is 2.60 bits per heavy atom. The van der Waals surface area contributed by atoms with Crippen LogP contribution in [0.5, 0.6) is 0 Å². The van der Waals surface area contributed by atoms with Crippen molar-refractivity contribution in [3.05, 3.63) is 29.6 Å². The summed E-state index contributed by atoms with van der Waals surface area (Å²) in [5.74, 6) is 0.585. The van der Waals surface area contributed by atoms with E-state index in [1.807, 2.05) is 26.2 Å². The molecule has 1 aliphatic heterocycles. The molecule has 0 amide bonds. The number of halogens is 1. The third-order valence-electron chi connectivity index (χ3n) is 4.65. The molecular weight excluding hydrogens is 317 g/mol. The first-order valence-corrected chi connectivity index (χ1v) is 9.18. The summed E-state index contributed by atoms with van der Waals surface area (Å²) in [4.78, 5) is 8.59. The van der Waals surface area contributed by atoms with Gasteiger partial charge in [-0.05, 0) is 43.5 Å². The Morgan fingerprint density at radius 2 is 2.04 bits per heavy atom. The molecular formula is C19H32FN5. The topological polar surface area (TPSA) is 42.9 Å². The van der Waals surface area contributed by atoms with Gasteiger partial charge in [0.05, 0.1) is 5.69 Å². The highest BCUT2D eigenvalue weighted by Crippen LogP contribution is 2.18. The van der Waals surface area contributed by atoms with Crippen molar-refractivity contribution >= 4 is 11.6 Å². The number of guanidine groups is 1. The van der Waals surface area contributed by atoms with E-state index in [0.717, 1.165) is 37.5 Å². The number of likely N-dealkylation sites (tertiary alicyclic amines) is 1. The molecule has 1 fully saturated rings. The standard InChI is InChI=1S/C19H32FN5/c1-5-10-25-11-8-16(9-12-25)23-19(21-2)22-14-15-6-7-18(24(3)4)17(20)13-15/h6-7,13,16H,5,8-12,14H2,1-4H3,(H2,21,22,23). The van der Waals surface area contributed by atoms with Gasteiger partial charge in [0.2, 0.25) is 0 Å². The van der Waals surface area contributed by atoms with E-state index in [0.29, 0.717) is 18.3 Å². The number of rotatable bonds is 6. The minimum absolute atomic E-state index is 0.199. The second-order valence-electron chi connectivity index (χ2n) is 6.87. The van der Waals surface area contributed by atoms with Gasteiger partial charge in [-0.15, -0.1) is 0 Å². The molecule has 25 heavy (non-hydrogen) atoms. The Kier molecular flexibility index (Phi) is 7.50. The Hall–Kier alpha value is -1.82. The van der Waals surface area contributed by atoms with Crippen LogP contribution in [0.2, 0.25) is 0 Å².